The Balaban J connectivity index is 2.40. The van der Waals surface area contributed by atoms with E-state index in [1.807, 2.05) is 0 Å². The first kappa shape index (κ1) is 16.3. The van der Waals surface area contributed by atoms with Crippen LogP contribution in [0, 0.1) is 5.92 Å². The molecule has 0 amide bonds. The van der Waals surface area contributed by atoms with Crippen molar-refractivity contribution < 1.29 is 17.9 Å². The monoisotopic (exact) mass is 338 g/mol. The van der Waals surface area contributed by atoms with E-state index in [0.29, 0.717) is 10.7 Å². The summed E-state index contributed by atoms with van der Waals surface area (Å²) >= 11 is 3.62. The number of ether oxygens (including phenoxy) is 1. The van der Waals surface area contributed by atoms with Crippen LogP contribution in [0.1, 0.15) is 32.3 Å². The normalized spacial score (nSPS) is 13.6. The zero-order chi connectivity index (χ0) is 14.5. The van der Waals surface area contributed by atoms with Gasteiger partial charge in [0, 0.05) is 4.83 Å². The molecule has 1 unspecified atom stereocenters. The molecule has 0 radical (unpaired) electrons. The van der Waals surface area contributed by atoms with Crippen molar-refractivity contribution in [1.29, 1.82) is 0 Å². The first-order valence-electron chi connectivity index (χ1n) is 6.26. The van der Waals surface area contributed by atoms with Crippen LogP contribution in [0.4, 0.5) is 13.2 Å². The van der Waals surface area contributed by atoms with Crippen molar-refractivity contribution in [2.24, 2.45) is 5.92 Å². The molecule has 0 N–H and O–H groups in total. The second kappa shape index (κ2) is 7.17. The highest BCUT2D eigenvalue weighted by Gasteiger charge is 2.30. The van der Waals surface area contributed by atoms with E-state index in [9.17, 15) is 13.2 Å². The zero-order valence-corrected chi connectivity index (χ0v) is 12.6. The second-order valence-corrected chi connectivity index (χ2v) is 6.02. The van der Waals surface area contributed by atoms with Crippen LogP contribution in [-0.4, -0.2) is 11.2 Å². The van der Waals surface area contributed by atoms with Gasteiger partial charge in [-0.1, -0.05) is 41.9 Å². The van der Waals surface area contributed by atoms with Gasteiger partial charge in [0.1, 0.15) is 5.75 Å². The molecule has 5 heteroatoms. The number of benzene rings is 1. The van der Waals surface area contributed by atoms with Gasteiger partial charge in [0.05, 0.1) is 0 Å². The lowest BCUT2D eigenvalue weighted by atomic mass is 10.0. The third-order valence-electron chi connectivity index (χ3n) is 2.83. The van der Waals surface area contributed by atoms with Gasteiger partial charge >= 0.3 is 6.36 Å². The van der Waals surface area contributed by atoms with Gasteiger partial charge in [-0.3, -0.25) is 0 Å². The Labute approximate surface area is 120 Å². The van der Waals surface area contributed by atoms with Crippen LogP contribution in [0.2, 0.25) is 0 Å². The summed E-state index contributed by atoms with van der Waals surface area (Å²) in [6.45, 7) is 4.31. The van der Waals surface area contributed by atoms with Crippen molar-refractivity contribution >= 4 is 15.9 Å². The lowest BCUT2D eigenvalue weighted by Gasteiger charge is -2.13. The number of alkyl halides is 4. The smallest absolute Gasteiger partial charge is 0.406 e. The highest BCUT2D eigenvalue weighted by molar-refractivity contribution is 9.09. The van der Waals surface area contributed by atoms with Crippen LogP contribution in [-0.2, 0) is 6.42 Å². The predicted molar refractivity (Wildman–Crippen MR) is 73.6 cm³/mol. The maximum absolute atomic E-state index is 12.0. The van der Waals surface area contributed by atoms with Crippen LogP contribution in [0.25, 0.3) is 0 Å². The maximum Gasteiger partial charge on any atom is 0.573 e. The van der Waals surface area contributed by atoms with E-state index in [-0.39, 0.29) is 5.75 Å². The molecule has 0 aliphatic heterocycles. The molecule has 0 saturated heterocycles. The van der Waals surface area contributed by atoms with Crippen LogP contribution < -0.4 is 4.74 Å². The Morgan fingerprint density at radius 3 is 2.21 bits per heavy atom. The minimum Gasteiger partial charge on any atom is -0.406 e. The van der Waals surface area contributed by atoms with E-state index >= 15 is 0 Å². The van der Waals surface area contributed by atoms with Crippen molar-refractivity contribution in [2.75, 3.05) is 0 Å². The van der Waals surface area contributed by atoms with Gasteiger partial charge in [-0.05, 0) is 42.9 Å². The summed E-state index contributed by atoms with van der Waals surface area (Å²) in [5, 5.41) is 0. The summed E-state index contributed by atoms with van der Waals surface area (Å²) in [4.78, 5) is 0.486. The molecule has 1 aromatic carbocycles. The zero-order valence-electron chi connectivity index (χ0n) is 11.0. The molecule has 1 aromatic rings. The predicted octanol–water partition coefficient (Wildman–Crippen LogP) is 5.33. The number of rotatable bonds is 6. The Morgan fingerprint density at radius 1 is 1.16 bits per heavy atom. The molecule has 1 atom stereocenters. The molecule has 0 aromatic heterocycles. The molecule has 0 heterocycles. The molecule has 0 aliphatic rings. The fourth-order valence-corrected chi connectivity index (χ4v) is 2.02. The first-order chi connectivity index (χ1) is 8.78. The molecule has 0 saturated carbocycles. The Morgan fingerprint density at radius 2 is 1.74 bits per heavy atom. The summed E-state index contributed by atoms with van der Waals surface area (Å²) in [6.07, 6.45) is -1.70. The van der Waals surface area contributed by atoms with Gasteiger partial charge in [0.2, 0.25) is 0 Å². The quantitative estimate of drug-likeness (QED) is 0.637. The number of aryl methyl sites for hydroxylation is 1. The van der Waals surface area contributed by atoms with Gasteiger partial charge < -0.3 is 4.74 Å². The van der Waals surface area contributed by atoms with Gasteiger partial charge in [-0.25, -0.2) is 0 Å². The lowest BCUT2D eigenvalue weighted by Crippen LogP contribution is -2.17. The van der Waals surface area contributed by atoms with E-state index in [0.717, 1.165) is 24.8 Å². The molecule has 1 nitrogen and oxygen atoms in total. The Kier molecular flexibility index (Phi) is 6.17. The van der Waals surface area contributed by atoms with Gasteiger partial charge in [-0.2, -0.15) is 0 Å². The number of halogens is 4. The number of hydrogen-bond donors (Lipinski definition) is 0. The topological polar surface area (TPSA) is 9.23 Å². The molecule has 108 valence electrons. The van der Waals surface area contributed by atoms with Crippen LogP contribution in [0.5, 0.6) is 5.75 Å². The van der Waals surface area contributed by atoms with Crippen molar-refractivity contribution in [1.82, 2.24) is 0 Å². The fourth-order valence-electron chi connectivity index (χ4n) is 1.69. The van der Waals surface area contributed by atoms with Crippen molar-refractivity contribution in [3.63, 3.8) is 0 Å². The van der Waals surface area contributed by atoms with E-state index < -0.39 is 6.36 Å². The number of hydrogen-bond acceptors (Lipinski definition) is 1. The highest BCUT2D eigenvalue weighted by Crippen LogP contribution is 2.24. The third kappa shape index (κ3) is 6.85. The van der Waals surface area contributed by atoms with E-state index in [2.05, 4.69) is 34.5 Å². The molecular weight excluding hydrogens is 321 g/mol. The van der Waals surface area contributed by atoms with Crippen molar-refractivity contribution in [2.45, 2.75) is 44.3 Å². The molecule has 0 bridgehead atoms. The van der Waals surface area contributed by atoms with Crippen LogP contribution in [0.3, 0.4) is 0 Å². The average molecular weight is 339 g/mol. The Hall–Kier alpha value is -0.710. The second-order valence-electron chi connectivity index (χ2n) is 4.84. The van der Waals surface area contributed by atoms with E-state index in [1.54, 1.807) is 12.1 Å². The molecule has 0 aliphatic carbocycles. The minimum absolute atomic E-state index is 0.170. The lowest BCUT2D eigenvalue weighted by molar-refractivity contribution is -0.274. The van der Waals surface area contributed by atoms with Crippen LogP contribution in [0.15, 0.2) is 24.3 Å². The summed E-state index contributed by atoms with van der Waals surface area (Å²) in [5.74, 6) is 0.416. The molecule has 0 fully saturated rings. The van der Waals surface area contributed by atoms with Gasteiger partial charge in [-0.15, -0.1) is 13.2 Å². The van der Waals surface area contributed by atoms with E-state index in [4.69, 9.17) is 0 Å². The summed E-state index contributed by atoms with van der Waals surface area (Å²) < 4.78 is 39.8. The highest BCUT2D eigenvalue weighted by atomic mass is 79.9. The van der Waals surface area contributed by atoms with Crippen molar-refractivity contribution in [3.8, 4) is 5.75 Å². The minimum atomic E-state index is -4.62. The molecule has 1 rings (SSSR count). The summed E-state index contributed by atoms with van der Waals surface area (Å²) in [6, 6.07) is 6.08. The first-order valence-corrected chi connectivity index (χ1v) is 7.18. The maximum atomic E-state index is 12.0. The summed E-state index contributed by atoms with van der Waals surface area (Å²) in [7, 11) is 0. The standard InChI is InChI=1S/C14H18BrF3O/c1-10(2)13(15)5-3-4-11-6-8-12(9-7-11)19-14(16,17)18/h6-10,13H,3-5H2,1-2H3. The van der Waals surface area contributed by atoms with Crippen molar-refractivity contribution in [3.05, 3.63) is 29.8 Å². The average Bonchev–Trinajstić information content (AvgIpc) is 2.29. The molecule has 19 heavy (non-hydrogen) atoms. The molecular formula is C14H18BrF3O. The SMILES string of the molecule is CC(C)C(Br)CCCc1ccc(OC(F)(F)F)cc1. The molecule has 0 spiro atoms. The Bertz CT molecular complexity index is 373. The van der Waals surface area contributed by atoms with Gasteiger partial charge in [0.15, 0.2) is 0 Å². The van der Waals surface area contributed by atoms with Crippen LogP contribution >= 0.6 is 15.9 Å². The third-order valence-corrected chi connectivity index (χ3v) is 4.34. The largest absolute Gasteiger partial charge is 0.573 e. The van der Waals surface area contributed by atoms with Gasteiger partial charge in [0.25, 0.3) is 0 Å². The fraction of sp³-hybridized carbons (Fsp3) is 0.571. The van der Waals surface area contributed by atoms with E-state index in [1.165, 1.54) is 12.1 Å². The summed E-state index contributed by atoms with van der Waals surface area (Å²) in [5.41, 5.74) is 1.03.